The lowest BCUT2D eigenvalue weighted by Gasteiger charge is -2.46. The van der Waals surface area contributed by atoms with E-state index in [-0.39, 0.29) is 12.5 Å². The first-order valence-corrected chi connectivity index (χ1v) is 33.8. The monoisotopic (exact) mass is 1190 g/mol. The molecule has 0 aromatic carbocycles. The maximum absolute atomic E-state index is 13.3. The smallest absolute Gasteiger partial charge is 0.220 e. The number of hydrogen-bond donors (Lipinski definition) is 9. The summed E-state index contributed by atoms with van der Waals surface area (Å²) in [5.74, 6) is -0.214. The Balaban J connectivity index is 1.69. The van der Waals surface area contributed by atoms with Gasteiger partial charge in [-0.1, -0.05) is 266 Å². The summed E-state index contributed by atoms with van der Waals surface area (Å²) < 4.78 is 22.9. The molecule has 0 radical (unpaired) electrons. The third-order valence-corrected chi connectivity index (χ3v) is 16.1. The van der Waals surface area contributed by atoms with E-state index in [1.807, 2.05) is 0 Å². The number of hydrogen-bond acceptors (Lipinski definition) is 13. The van der Waals surface area contributed by atoms with Crippen molar-refractivity contribution in [3.8, 4) is 0 Å². The van der Waals surface area contributed by atoms with Crippen molar-refractivity contribution in [1.29, 1.82) is 0 Å². The minimum absolute atomic E-state index is 0.214. The highest BCUT2D eigenvalue weighted by atomic mass is 16.7. The highest BCUT2D eigenvalue weighted by Crippen LogP contribution is 2.30. The largest absolute Gasteiger partial charge is 0.394 e. The van der Waals surface area contributed by atoms with Crippen molar-refractivity contribution in [2.75, 3.05) is 19.8 Å². The van der Waals surface area contributed by atoms with E-state index in [9.17, 15) is 45.6 Å². The zero-order valence-corrected chi connectivity index (χ0v) is 52.6. The molecule has 12 unspecified atom stereocenters. The Morgan fingerprint density at radius 1 is 0.440 bits per heavy atom. The molecule has 2 fully saturated rings. The van der Waals surface area contributed by atoms with Crippen LogP contribution in [0.4, 0.5) is 0 Å². The van der Waals surface area contributed by atoms with Gasteiger partial charge in [0.15, 0.2) is 12.6 Å². The van der Waals surface area contributed by atoms with Crippen LogP contribution in [0.5, 0.6) is 0 Å². The van der Waals surface area contributed by atoms with Gasteiger partial charge in [-0.05, 0) is 70.6 Å². The summed E-state index contributed by atoms with van der Waals surface area (Å²) in [4.78, 5) is 13.3. The zero-order chi connectivity index (χ0) is 60.9. The summed E-state index contributed by atoms with van der Waals surface area (Å²) in [6.45, 7) is 2.76. The number of unbranched alkanes of at least 4 members (excludes halogenated alkanes) is 27. The average Bonchev–Trinajstić information content (AvgIpc) is 3.18. The van der Waals surface area contributed by atoms with Gasteiger partial charge in [-0.15, -0.1) is 0 Å². The molecule has 84 heavy (non-hydrogen) atoms. The number of aliphatic hydroxyl groups is 8. The second kappa shape index (κ2) is 54.3. The Morgan fingerprint density at radius 3 is 1.26 bits per heavy atom. The van der Waals surface area contributed by atoms with E-state index in [4.69, 9.17) is 18.9 Å². The molecule has 0 saturated carbocycles. The fraction of sp³-hybridized carbons (Fsp3) is 0.786. The average molecular weight is 1190 g/mol. The number of allylic oxidation sites excluding steroid dienone is 14. The second-order valence-corrected chi connectivity index (χ2v) is 23.6. The zero-order valence-electron chi connectivity index (χ0n) is 52.6. The van der Waals surface area contributed by atoms with E-state index in [2.05, 4.69) is 104 Å². The molecule has 2 heterocycles. The molecule has 9 N–H and O–H groups in total. The first kappa shape index (κ1) is 77.3. The fourth-order valence-corrected chi connectivity index (χ4v) is 10.7. The number of rotatable bonds is 54. The Labute approximate surface area is 510 Å². The predicted octanol–water partition coefficient (Wildman–Crippen LogP) is 13.2. The van der Waals surface area contributed by atoms with Crippen LogP contribution in [0.25, 0.3) is 0 Å². The molecule has 2 saturated heterocycles. The van der Waals surface area contributed by atoms with Crippen molar-refractivity contribution in [3.05, 3.63) is 85.1 Å². The summed E-state index contributed by atoms with van der Waals surface area (Å²) in [5, 5.41) is 87.5. The van der Waals surface area contributed by atoms with Crippen molar-refractivity contribution in [1.82, 2.24) is 5.32 Å². The van der Waals surface area contributed by atoms with Crippen molar-refractivity contribution in [2.24, 2.45) is 0 Å². The molecule has 0 spiro atoms. The molecule has 2 rings (SSSR count). The summed E-state index contributed by atoms with van der Waals surface area (Å²) in [6, 6.07) is -0.838. The Hall–Kier alpha value is -2.83. The van der Waals surface area contributed by atoms with Crippen LogP contribution >= 0.6 is 0 Å². The molecule has 14 nitrogen and oxygen atoms in total. The number of carbonyl (C=O) groups is 1. The molecule has 0 aromatic rings. The molecular weight excluding hydrogens is 1060 g/mol. The molecule has 0 aromatic heterocycles. The third kappa shape index (κ3) is 38.4. The van der Waals surface area contributed by atoms with Crippen LogP contribution < -0.4 is 5.32 Å². The SMILES string of the molecule is CC/C=C\C/C=C\C/C=C\C/C=C\C/C=C\C/C=C\C/C=C\CCCCCCCCCCCC(=O)NC(COC1OC(CO)C(OC2OC(CO)C(O)C(O)C2O)C(O)C1O)C(O)CCCCCCCCCCCCCCCCCCCCC. The molecule has 2 aliphatic rings. The Kier molecular flexibility index (Phi) is 50.0. The Morgan fingerprint density at radius 2 is 0.821 bits per heavy atom. The number of ether oxygens (including phenoxy) is 4. The van der Waals surface area contributed by atoms with Gasteiger partial charge in [0, 0.05) is 6.42 Å². The van der Waals surface area contributed by atoms with Gasteiger partial charge in [-0.25, -0.2) is 0 Å². The highest BCUT2D eigenvalue weighted by molar-refractivity contribution is 5.76. The summed E-state index contributed by atoms with van der Waals surface area (Å²) in [5.41, 5.74) is 0. The van der Waals surface area contributed by atoms with E-state index in [0.717, 1.165) is 96.3 Å². The van der Waals surface area contributed by atoms with Gasteiger partial charge in [0.05, 0.1) is 32.0 Å². The minimum atomic E-state index is -1.79. The van der Waals surface area contributed by atoms with Crippen molar-refractivity contribution in [2.45, 2.75) is 331 Å². The molecule has 486 valence electrons. The van der Waals surface area contributed by atoms with Crippen LogP contribution in [0.1, 0.15) is 258 Å². The number of aliphatic hydroxyl groups excluding tert-OH is 8. The van der Waals surface area contributed by atoms with Crippen LogP contribution in [0.2, 0.25) is 0 Å². The normalized spacial score (nSPS) is 24.2. The molecule has 1 amide bonds. The van der Waals surface area contributed by atoms with Gasteiger partial charge >= 0.3 is 0 Å². The lowest BCUT2D eigenvalue weighted by molar-refractivity contribution is -0.359. The molecule has 0 aliphatic carbocycles. The van der Waals surface area contributed by atoms with Crippen LogP contribution in [0, 0.1) is 0 Å². The lowest BCUT2D eigenvalue weighted by atomic mass is 9.97. The van der Waals surface area contributed by atoms with E-state index in [1.165, 1.54) is 128 Å². The van der Waals surface area contributed by atoms with Gasteiger partial charge in [-0.3, -0.25) is 4.79 Å². The quantitative estimate of drug-likeness (QED) is 0.0204. The lowest BCUT2D eigenvalue weighted by Crippen LogP contribution is -2.65. The van der Waals surface area contributed by atoms with Gasteiger partial charge in [0.25, 0.3) is 0 Å². The fourth-order valence-electron chi connectivity index (χ4n) is 10.7. The van der Waals surface area contributed by atoms with Crippen molar-refractivity contribution in [3.63, 3.8) is 0 Å². The number of carbonyl (C=O) groups excluding carboxylic acids is 1. The number of nitrogens with one attached hydrogen (secondary N) is 1. The van der Waals surface area contributed by atoms with Gasteiger partial charge < -0.3 is 65.1 Å². The first-order valence-electron chi connectivity index (χ1n) is 33.8. The van der Waals surface area contributed by atoms with E-state index < -0.39 is 86.8 Å². The van der Waals surface area contributed by atoms with Gasteiger partial charge in [-0.2, -0.15) is 0 Å². The maximum atomic E-state index is 13.3. The highest BCUT2D eigenvalue weighted by Gasteiger charge is 2.51. The summed E-state index contributed by atoms with van der Waals surface area (Å²) in [7, 11) is 0. The van der Waals surface area contributed by atoms with Gasteiger partial charge in [0.1, 0.15) is 48.8 Å². The Bertz CT molecular complexity index is 1730. The summed E-state index contributed by atoms with van der Waals surface area (Å²) in [6.07, 6.45) is 57.2. The molecule has 12 atom stereocenters. The van der Waals surface area contributed by atoms with Crippen molar-refractivity contribution >= 4 is 5.91 Å². The minimum Gasteiger partial charge on any atom is -0.394 e. The van der Waals surface area contributed by atoms with Crippen LogP contribution in [0.15, 0.2) is 85.1 Å². The third-order valence-electron chi connectivity index (χ3n) is 16.1. The standard InChI is InChI=1S/C70H123NO13/c1-3-5-7-9-11-13-15-17-19-21-23-24-25-26-27-28-29-30-31-32-33-34-36-38-40-42-44-46-48-50-52-54-62(75)71-58(59(74)53-51-49-47-45-43-41-39-37-35-22-20-18-16-14-12-10-8-6-4-2)57-81-69-67(80)65(78)68(61(56-73)83-69)84-70-66(79)64(77)63(76)60(55-72)82-70/h5,7,11,13,17,19,23-24,26-27,29-30,32-33,58-61,63-70,72-74,76-80H,3-4,6,8-10,12,14-16,18,20-22,25,28,31,34-57H2,1-2H3,(H,71,75)/b7-5-,13-11-,19-17-,24-23-,27-26-,30-29-,33-32-. The molecule has 2 aliphatic heterocycles. The topological polar surface area (TPSA) is 228 Å². The number of amides is 1. The van der Waals surface area contributed by atoms with Crippen LogP contribution in [-0.4, -0.2) is 140 Å². The van der Waals surface area contributed by atoms with Crippen LogP contribution in [0.3, 0.4) is 0 Å². The second-order valence-electron chi connectivity index (χ2n) is 23.6. The van der Waals surface area contributed by atoms with E-state index in [0.29, 0.717) is 19.3 Å². The van der Waals surface area contributed by atoms with E-state index in [1.54, 1.807) is 0 Å². The first-order chi connectivity index (χ1) is 41.1. The maximum Gasteiger partial charge on any atom is 0.220 e. The molecule has 0 bridgehead atoms. The van der Waals surface area contributed by atoms with E-state index >= 15 is 0 Å². The predicted molar refractivity (Wildman–Crippen MR) is 341 cm³/mol. The van der Waals surface area contributed by atoms with Crippen molar-refractivity contribution < 1.29 is 64.6 Å². The van der Waals surface area contributed by atoms with Gasteiger partial charge in [0.2, 0.25) is 5.91 Å². The molecule has 14 heteroatoms. The molecular formula is C70H123NO13. The van der Waals surface area contributed by atoms with Crippen LogP contribution in [-0.2, 0) is 23.7 Å². The summed E-state index contributed by atoms with van der Waals surface area (Å²) >= 11 is 0.